The van der Waals surface area contributed by atoms with Crippen LogP contribution in [0.3, 0.4) is 0 Å². The summed E-state index contributed by atoms with van der Waals surface area (Å²) in [6.45, 7) is 5.02. The predicted octanol–water partition coefficient (Wildman–Crippen LogP) is 3.99. The van der Waals surface area contributed by atoms with Crippen LogP contribution in [-0.2, 0) is 6.54 Å². The molecular weight excluding hydrogens is 292 g/mol. The number of anilines is 2. The Morgan fingerprint density at radius 2 is 1.82 bits per heavy atom. The van der Waals surface area contributed by atoms with E-state index < -0.39 is 0 Å². The Bertz CT molecular complexity index is 790. The fourth-order valence-electron chi connectivity index (χ4n) is 2.41. The first-order valence-corrected chi connectivity index (χ1v) is 8.08. The van der Waals surface area contributed by atoms with Gasteiger partial charge in [-0.2, -0.15) is 0 Å². The van der Waals surface area contributed by atoms with Crippen molar-refractivity contribution in [3.8, 4) is 0 Å². The third-order valence-electron chi connectivity index (χ3n) is 3.88. The number of nitrogens with zero attached hydrogens (tertiary/aromatic N) is 3. The lowest BCUT2D eigenvalue weighted by Crippen LogP contribution is -2.08. The number of hydrogen-bond donors (Lipinski definition) is 1. The van der Waals surface area contributed by atoms with Crippen molar-refractivity contribution in [2.75, 3.05) is 24.3 Å². The van der Waals surface area contributed by atoms with E-state index in [1.807, 2.05) is 14.1 Å². The smallest absolute Gasteiger partial charge is 0.138 e. The van der Waals surface area contributed by atoms with Gasteiger partial charge in [0.05, 0.1) is 5.39 Å². The molecule has 0 amide bonds. The summed E-state index contributed by atoms with van der Waals surface area (Å²) in [5.74, 6) is 0.920. The molecule has 3 aromatic rings. The van der Waals surface area contributed by atoms with Crippen molar-refractivity contribution in [2.24, 2.45) is 0 Å². The lowest BCUT2D eigenvalue weighted by Gasteiger charge is -2.13. The van der Waals surface area contributed by atoms with Gasteiger partial charge in [-0.1, -0.05) is 12.1 Å². The van der Waals surface area contributed by atoms with Crippen LogP contribution in [0.15, 0.2) is 30.6 Å². The molecule has 22 heavy (non-hydrogen) atoms. The zero-order valence-electron chi connectivity index (χ0n) is 13.3. The van der Waals surface area contributed by atoms with Gasteiger partial charge in [-0.15, -0.1) is 11.3 Å². The summed E-state index contributed by atoms with van der Waals surface area (Å²) in [5, 5.41) is 4.60. The van der Waals surface area contributed by atoms with Crippen LogP contribution in [0.2, 0.25) is 0 Å². The Labute approximate surface area is 134 Å². The number of nitrogens with one attached hydrogen (secondary N) is 1. The molecule has 0 unspecified atom stereocenters. The van der Waals surface area contributed by atoms with E-state index in [-0.39, 0.29) is 0 Å². The van der Waals surface area contributed by atoms with Gasteiger partial charge in [0.2, 0.25) is 0 Å². The molecule has 0 aliphatic carbocycles. The van der Waals surface area contributed by atoms with Gasteiger partial charge in [0.25, 0.3) is 0 Å². The molecule has 2 heterocycles. The summed E-state index contributed by atoms with van der Waals surface area (Å²) in [5.41, 5.74) is 3.71. The first-order chi connectivity index (χ1) is 10.6. The van der Waals surface area contributed by atoms with Crippen LogP contribution >= 0.6 is 11.3 Å². The van der Waals surface area contributed by atoms with Crippen molar-refractivity contribution in [3.05, 3.63) is 46.6 Å². The quantitative estimate of drug-likeness (QED) is 0.791. The van der Waals surface area contributed by atoms with E-state index in [1.165, 1.54) is 21.7 Å². The molecule has 0 radical (unpaired) electrons. The summed E-state index contributed by atoms with van der Waals surface area (Å²) < 4.78 is 0. The average molecular weight is 312 g/mol. The summed E-state index contributed by atoms with van der Waals surface area (Å²) in [7, 11) is 4.10. The topological polar surface area (TPSA) is 41.1 Å². The molecule has 0 spiro atoms. The third kappa shape index (κ3) is 2.76. The van der Waals surface area contributed by atoms with Crippen molar-refractivity contribution >= 4 is 33.1 Å². The van der Waals surface area contributed by atoms with E-state index in [1.54, 1.807) is 17.7 Å². The van der Waals surface area contributed by atoms with E-state index in [4.69, 9.17) is 0 Å². The maximum absolute atomic E-state index is 4.42. The van der Waals surface area contributed by atoms with Gasteiger partial charge in [0.15, 0.2) is 0 Å². The van der Waals surface area contributed by atoms with E-state index in [0.717, 1.165) is 22.6 Å². The van der Waals surface area contributed by atoms with Crippen LogP contribution in [0.25, 0.3) is 10.2 Å². The van der Waals surface area contributed by atoms with Gasteiger partial charge in [0, 0.05) is 31.2 Å². The van der Waals surface area contributed by atoms with Crippen molar-refractivity contribution in [1.29, 1.82) is 0 Å². The summed E-state index contributed by atoms with van der Waals surface area (Å²) in [6, 6.07) is 8.55. The molecule has 3 rings (SSSR count). The molecule has 0 fully saturated rings. The molecular formula is C17H20N4S. The van der Waals surface area contributed by atoms with Gasteiger partial charge in [-0.3, -0.25) is 0 Å². The minimum absolute atomic E-state index is 0.758. The second-order valence-electron chi connectivity index (χ2n) is 5.60. The monoisotopic (exact) mass is 312 g/mol. The highest BCUT2D eigenvalue weighted by atomic mass is 32.1. The highest BCUT2D eigenvalue weighted by Gasteiger charge is 2.11. The normalized spacial score (nSPS) is 10.9. The van der Waals surface area contributed by atoms with E-state index in [2.05, 4.69) is 58.3 Å². The Balaban J connectivity index is 1.82. The molecule has 0 saturated carbocycles. The molecule has 114 valence electrons. The van der Waals surface area contributed by atoms with Gasteiger partial charge in [-0.05, 0) is 37.1 Å². The number of benzene rings is 1. The Morgan fingerprint density at radius 3 is 2.50 bits per heavy atom. The number of thiophene rings is 1. The fourth-order valence-corrected chi connectivity index (χ4v) is 3.41. The van der Waals surface area contributed by atoms with Gasteiger partial charge >= 0.3 is 0 Å². The maximum atomic E-state index is 4.42. The zero-order chi connectivity index (χ0) is 15.7. The van der Waals surface area contributed by atoms with Crippen LogP contribution in [-0.4, -0.2) is 24.1 Å². The summed E-state index contributed by atoms with van der Waals surface area (Å²) >= 11 is 1.72. The lowest BCUT2D eigenvalue weighted by atomic mass is 10.2. The van der Waals surface area contributed by atoms with Gasteiger partial charge < -0.3 is 10.2 Å². The standard InChI is InChI=1S/C17H20N4S/c1-11-12(2)22-17-15(11)16(19-10-20-17)18-9-13-5-7-14(8-6-13)21(3)4/h5-8,10H,9H2,1-4H3,(H,18,19,20). The summed E-state index contributed by atoms with van der Waals surface area (Å²) in [4.78, 5) is 13.2. The van der Waals surface area contributed by atoms with Gasteiger partial charge in [0.1, 0.15) is 17.0 Å². The van der Waals surface area contributed by atoms with Crippen LogP contribution in [0.1, 0.15) is 16.0 Å². The van der Waals surface area contributed by atoms with Crippen molar-refractivity contribution < 1.29 is 0 Å². The first kappa shape index (κ1) is 14.8. The molecule has 0 aliphatic heterocycles. The number of aromatic nitrogens is 2. The highest BCUT2D eigenvalue weighted by molar-refractivity contribution is 7.18. The van der Waals surface area contributed by atoms with Gasteiger partial charge in [-0.25, -0.2) is 9.97 Å². The third-order valence-corrected chi connectivity index (χ3v) is 4.99. The fraction of sp³-hybridized carbons (Fsp3) is 0.294. The SMILES string of the molecule is Cc1sc2ncnc(NCc3ccc(N(C)C)cc3)c2c1C. The first-order valence-electron chi connectivity index (χ1n) is 7.27. The Hall–Kier alpha value is -2.14. The Kier molecular flexibility index (Phi) is 3.98. The van der Waals surface area contributed by atoms with E-state index in [0.29, 0.717) is 0 Å². The molecule has 0 saturated heterocycles. The maximum Gasteiger partial charge on any atom is 0.138 e. The molecule has 0 atom stereocenters. The van der Waals surface area contributed by atoms with Crippen LogP contribution in [0.4, 0.5) is 11.5 Å². The number of aryl methyl sites for hydroxylation is 2. The Morgan fingerprint density at radius 1 is 1.09 bits per heavy atom. The minimum atomic E-state index is 0.758. The van der Waals surface area contributed by atoms with Crippen LogP contribution < -0.4 is 10.2 Å². The predicted molar refractivity (Wildman–Crippen MR) is 95.0 cm³/mol. The average Bonchev–Trinajstić information content (AvgIpc) is 2.81. The molecule has 1 N–H and O–H groups in total. The van der Waals surface area contributed by atoms with Crippen molar-refractivity contribution in [1.82, 2.24) is 9.97 Å². The molecule has 2 aromatic heterocycles. The molecule has 1 aromatic carbocycles. The number of fused-ring (bicyclic) bond motifs is 1. The minimum Gasteiger partial charge on any atom is -0.378 e. The molecule has 0 bridgehead atoms. The largest absolute Gasteiger partial charge is 0.378 e. The molecule has 0 aliphatic rings. The highest BCUT2D eigenvalue weighted by Crippen LogP contribution is 2.32. The van der Waals surface area contributed by atoms with Crippen molar-refractivity contribution in [2.45, 2.75) is 20.4 Å². The second-order valence-corrected chi connectivity index (χ2v) is 6.80. The lowest BCUT2D eigenvalue weighted by molar-refractivity contribution is 1.09. The summed E-state index contributed by atoms with van der Waals surface area (Å²) in [6.07, 6.45) is 1.63. The van der Waals surface area contributed by atoms with Crippen LogP contribution in [0, 0.1) is 13.8 Å². The number of hydrogen-bond acceptors (Lipinski definition) is 5. The van der Waals surface area contributed by atoms with Crippen molar-refractivity contribution in [3.63, 3.8) is 0 Å². The van der Waals surface area contributed by atoms with Crippen LogP contribution in [0.5, 0.6) is 0 Å². The molecule has 4 nitrogen and oxygen atoms in total. The molecule has 5 heteroatoms. The van der Waals surface area contributed by atoms with E-state index in [9.17, 15) is 0 Å². The second kappa shape index (κ2) is 5.93. The van der Waals surface area contributed by atoms with E-state index >= 15 is 0 Å². The zero-order valence-corrected chi connectivity index (χ0v) is 14.2. The number of rotatable bonds is 4.